The van der Waals surface area contributed by atoms with Crippen LogP contribution in [0, 0.1) is 0 Å². The molecule has 0 amide bonds. The third kappa shape index (κ3) is 2.14. The van der Waals surface area contributed by atoms with Crippen molar-refractivity contribution in [3.63, 3.8) is 0 Å². The number of aromatic nitrogens is 2. The Bertz CT molecular complexity index is 1070. The van der Waals surface area contributed by atoms with Crippen molar-refractivity contribution in [1.82, 2.24) is 9.61 Å². The molecular weight excluding hydrogens is 368 g/mol. The fraction of sp³-hybridized carbons (Fsp3) is 0. The Labute approximate surface area is 138 Å². The summed E-state index contributed by atoms with van der Waals surface area (Å²) in [5.74, 6) is -0.509. The molecule has 2 heterocycles. The predicted octanol–water partition coefficient (Wildman–Crippen LogP) is 4.52. The number of hydrogen-bond acceptors (Lipinski definition) is 3. The maximum absolute atomic E-state index is 12.1. The first kappa shape index (κ1) is 13.5. The SMILES string of the molecule is O=c1oc2ccc(Br)cc2c2cc(-c3ccc(Cl)cc3)nn12. The second-order valence-electron chi connectivity index (χ2n) is 4.84. The summed E-state index contributed by atoms with van der Waals surface area (Å²) in [5.41, 5.74) is 2.81. The Morgan fingerprint density at radius 1 is 1.09 bits per heavy atom. The van der Waals surface area contributed by atoms with Crippen molar-refractivity contribution in [2.24, 2.45) is 0 Å². The van der Waals surface area contributed by atoms with Crippen molar-refractivity contribution >= 4 is 44.0 Å². The topological polar surface area (TPSA) is 47.5 Å². The molecule has 2 aromatic carbocycles. The molecule has 0 aliphatic carbocycles. The molecule has 0 saturated heterocycles. The van der Waals surface area contributed by atoms with E-state index in [0.717, 1.165) is 15.4 Å². The van der Waals surface area contributed by atoms with E-state index in [1.165, 1.54) is 4.52 Å². The molecule has 4 nitrogen and oxygen atoms in total. The van der Waals surface area contributed by atoms with Gasteiger partial charge in [-0.1, -0.05) is 39.7 Å². The van der Waals surface area contributed by atoms with Crippen LogP contribution in [0.3, 0.4) is 0 Å². The summed E-state index contributed by atoms with van der Waals surface area (Å²) in [6.07, 6.45) is 0. The molecule has 0 radical (unpaired) electrons. The molecule has 0 N–H and O–H groups in total. The summed E-state index contributed by atoms with van der Waals surface area (Å²) in [6.45, 7) is 0. The monoisotopic (exact) mass is 374 g/mol. The van der Waals surface area contributed by atoms with Crippen molar-refractivity contribution in [3.8, 4) is 11.3 Å². The first-order valence-electron chi connectivity index (χ1n) is 6.50. The first-order chi connectivity index (χ1) is 10.6. The van der Waals surface area contributed by atoms with Gasteiger partial charge in [0.15, 0.2) is 0 Å². The Morgan fingerprint density at radius 2 is 1.86 bits per heavy atom. The number of rotatable bonds is 1. The standard InChI is InChI=1S/C16H8BrClN2O2/c17-10-3-6-15-12(7-10)14-8-13(19-20(14)16(21)22-15)9-1-4-11(18)5-2-9/h1-8H. The van der Waals surface area contributed by atoms with E-state index in [9.17, 15) is 4.79 Å². The molecule has 4 aromatic rings. The second kappa shape index (κ2) is 4.97. The van der Waals surface area contributed by atoms with Crippen molar-refractivity contribution in [2.75, 3.05) is 0 Å². The van der Waals surface area contributed by atoms with Gasteiger partial charge in [-0.25, -0.2) is 4.79 Å². The molecule has 0 fully saturated rings. The van der Waals surface area contributed by atoms with E-state index in [0.29, 0.717) is 21.8 Å². The summed E-state index contributed by atoms with van der Waals surface area (Å²) in [6, 6.07) is 14.7. The smallest absolute Gasteiger partial charge is 0.408 e. The van der Waals surface area contributed by atoms with Gasteiger partial charge in [0.1, 0.15) is 5.58 Å². The summed E-state index contributed by atoms with van der Waals surface area (Å²) >= 11 is 9.34. The zero-order valence-corrected chi connectivity index (χ0v) is 13.4. The average Bonchev–Trinajstić information content (AvgIpc) is 2.95. The highest BCUT2D eigenvalue weighted by molar-refractivity contribution is 9.10. The number of hydrogen-bond donors (Lipinski definition) is 0. The van der Waals surface area contributed by atoms with E-state index < -0.39 is 5.76 Å². The lowest BCUT2D eigenvalue weighted by atomic mass is 10.1. The lowest BCUT2D eigenvalue weighted by Gasteiger charge is -1.99. The third-order valence-electron chi connectivity index (χ3n) is 3.44. The van der Waals surface area contributed by atoms with E-state index >= 15 is 0 Å². The van der Waals surface area contributed by atoms with Crippen molar-refractivity contribution in [2.45, 2.75) is 0 Å². The zero-order chi connectivity index (χ0) is 15.3. The summed E-state index contributed by atoms with van der Waals surface area (Å²) in [7, 11) is 0. The lowest BCUT2D eigenvalue weighted by molar-refractivity contribution is 0.508. The van der Waals surface area contributed by atoms with Gasteiger partial charge in [0.05, 0.1) is 11.2 Å². The number of nitrogens with zero attached hydrogens (tertiary/aromatic N) is 2. The average molecular weight is 376 g/mol. The lowest BCUT2D eigenvalue weighted by Crippen LogP contribution is -2.12. The van der Waals surface area contributed by atoms with Crippen LogP contribution in [-0.4, -0.2) is 9.61 Å². The zero-order valence-electron chi connectivity index (χ0n) is 11.1. The molecule has 4 rings (SSSR count). The van der Waals surface area contributed by atoms with Crippen LogP contribution in [0.4, 0.5) is 0 Å². The highest BCUT2D eigenvalue weighted by atomic mass is 79.9. The summed E-state index contributed by atoms with van der Waals surface area (Å²) in [4.78, 5) is 12.1. The highest BCUT2D eigenvalue weighted by Crippen LogP contribution is 2.26. The largest absolute Gasteiger partial charge is 0.440 e. The van der Waals surface area contributed by atoms with Gasteiger partial charge in [-0.05, 0) is 36.4 Å². The molecule has 0 aliphatic rings. The van der Waals surface area contributed by atoms with Gasteiger partial charge in [0, 0.05) is 20.4 Å². The minimum atomic E-state index is -0.509. The van der Waals surface area contributed by atoms with Crippen molar-refractivity contribution in [1.29, 1.82) is 0 Å². The molecule has 0 saturated carbocycles. The van der Waals surface area contributed by atoms with Gasteiger partial charge in [0.25, 0.3) is 0 Å². The predicted molar refractivity (Wildman–Crippen MR) is 89.4 cm³/mol. The minimum Gasteiger partial charge on any atom is -0.408 e. The van der Waals surface area contributed by atoms with Gasteiger partial charge in [-0.3, -0.25) is 0 Å². The van der Waals surface area contributed by atoms with Crippen LogP contribution in [-0.2, 0) is 0 Å². The molecule has 2 aromatic heterocycles. The van der Waals surface area contributed by atoms with E-state index in [1.54, 1.807) is 18.2 Å². The van der Waals surface area contributed by atoms with Gasteiger partial charge in [-0.15, -0.1) is 0 Å². The fourth-order valence-electron chi connectivity index (χ4n) is 2.40. The quantitative estimate of drug-likeness (QED) is 0.491. The Kier molecular flexibility index (Phi) is 3.06. The van der Waals surface area contributed by atoms with Crippen molar-refractivity contribution < 1.29 is 4.42 Å². The van der Waals surface area contributed by atoms with Gasteiger partial charge < -0.3 is 4.42 Å². The van der Waals surface area contributed by atoms with Crippen LogP contribution >= 0.6 is 27.5 Å². The maximum atomic E-state index is 12.1. The molecule has 22 heavy (non-hydrogen) atoms. The summed E-state index contributed by atoms with van der Waals surface area (Å²) in [5, 5.41) is 5.82. The maximum Gasteiger partial charge on any atom is 0.440 e. The normalized spacial score (nSPS) is 11.4. The van der Waals surface area contributed by atoms with Crippen LogP contribution in [0.5, 0.6) is 0 Å². The van der Waals surface area contributed by atoms with Crippen LogP contribution in [0.25, 0.3) is 27.7 Å². The third-order valence-corrected chi connectivity index (χ3v) is 4.18. The van der Waals surface area contributed by atoms with E-state index in [1.807, 2.05) is 30.3 Å². The molecule has 6 heteroatoms. The molecule has 0 unspecified atom stereocenters. The molecule has 108 valence electrons. The second-order valence-corrected chi connectivity index (χ2v) is 6.19. The van der Waals surface area contributed by atoms with Crippen LogP contribution in [0.15, 0.2) is 62.2 Å². The molecule has 0 bridgehead atoms. The van der Waals surface area contributed by atoms with E-state index in [2.05, 4.69) is 21.0 Å². The fourth-order valence-corrected chi connectivity index (χ4v) is 2.89. The first-order valence-corrected chi connectivity index (χ1v) is 7.67. The van der Waals surface area contributed by atoms with Crippen molar-refractivity contribution in [3.05, 3.63) is 68.6 Å². The van der Waals surface area contributed by atoms with E-state index in [4.69, 9.17) is 16.0 Å². The number of benzene rings is 2. The molecular formula is C16H8BrClN2O2. The minimum absolute atomic E-state index is 0.509. The Balaban J connectivity index is 2.06. The van der Waals surface area contributed by atoms with Gasteiger partial charge in [-0.2, -0.15) is 9.61 Å². The molecule has 0 spiro atoms. The van der Waals surface area contributed by atoms with Gasteiger partial charge >= 0.3 is 5.76 Å². The number of halogens is 2. The Morgan fingerprint density at radius 3 is 2.64 bits per heavy atom. The Hall–Kier alpha value is -2.11. The van der Waals surface area contributed by atoms with E-state index in [-0.39, 0.29) is 0 Å². The number of fused-ring (bicyclic) bond motifs is 3. The molecule has 0 aliphatic heterocycles. The van der Waals surface area contributed by atoms with Crippen LogP contribution in [0.2, 0.25) is 5.02 Å². The molecule has 0 atom stereocenters. The van der Waals surface area contributed by atoms with Gasteiger partial charge in [0.2, 0.25) is 0 Å². The van der Waals surface area contributed by atoms with Crippen LogP contribution in [0.1, 0.15) is 0 Å². The summed E-state index contributed by atoms with van der Waals surface area (Å²) < 4.78 is 7.49. The highest BCUT2D eigenvalue weighted by Gasteiger charge is 2.12. The van der Waals surface area contributed by atoms with Crippen LogP contribution < -0.4 is 5.76 Å².